The van der Waals surface area contributed by atoms with Gasteiger partial charge in [0.1, 0.15) is 0 Å². The maximum atomic E-state index is 12.4. The Kier molecular flexibility index (Phi) is 13.0. The van der Waals surface area contributed by atoms with Crippen molar-refractivity contribution in [3.05, 3.63) is 35.4 Å². The molecule has 1 fully saturated rings. The minimum atomic E-state index is -0.237. The second-order valence-electron chi connectivity index (χ2n) is 7.78. The standard InChI is InChI=1S/C23H37N5O3.HI/c1-5-17(4)26-21(29)19-10-8-9-18(15-19)16-25-22(24-6-2)27-20-11-13-28(14-12-20)23(30)31-7-3;/h8-10,15,17,20H,5-7,11-14,16H2,1-4H3,(H,26,29)(H2,24,25,27);1H. The number of piperidine rings is 1. The third kappa shape index (κ3) is 9.22. The van der Waals surface area contributed by atoms with Gasteiger partial charge in [-0.1, -0.05) is 19.1 Å². The quantitative estimate of drug-likeness (QED) is 0.258. The summed E-state index contributed by atoms with van der Waals surface area (Å²) in [5, 5.41) is 9.75. The van der Waals surface area contributed by atoms with E-state index in [1.54, 1.807) is 4.90 Å². The highest BCUT2D eigenvalue weighted by Crippen LogP contribution is 2.12. The molecule has 1 aliphatic rings. The molecule has 1 saturated heterocycles. The zero-order valence-electron chi connectivity index (χ0n) is 19.6. The molecule has 8 nitrogen and oxygen atoms in total. The predicted octanol–water partition coefficient (Wildman–Crippen LogP) is 3.51. The van der Waals surface area contributed by atoms with E-state index in [9.17, 15) is 9.59 Å². The van der Waals surface area contributed by atoms with Gasteiger partial charge in [-0.15, -0.1) is 24.0 Å². The van der Waals surface area contributed by atoms with Gasteiger partial charge in [0.05, 0.1) is 13.2 Å². The van der Waals surface area contributed by atoms with Crippen LogP contribution in [0.5, 0.6) is 0 Å². The average Bonchev–Trinajstić information content (AvgIpc) is 2.78. The lowest BCUT2D eigenvalue weighted by molar-refractivity contribution is 0.0936. The van der Waals surface area contributed by atoms with Gasteiger partial charge in [0.15, 0.2) is 5.96 Å². The second kappa shape index (κ2) is 14.9. The molecule has 1 unspecified atom stereocenters. The lowest BCUT2D eigenvalue weighted by Crippen LogP contribution is -2.49. The van der Waals surface area contributed by atoms with Gasteiger partial charge in [0.25, 0.3) is 5.91 Å². The number of aliphatic imine (C=N–C) groups is 1. The highest BCUT2D eigenvalue weighted by molar-refractivity contribution is 14.0. The number of rotatable bonds is 8. The van der Waals surface area contributed by atoms with E-state index in [0.717, 1.165) is 37.3 Å². The molecule has 0 bridgehead atoms. The first kappa shape index (κ1) is 28.0. The number of ether oxygens (including phenoxy) is 1. The molecule has 180 valence electrons. The molecule has 1 aromatic carbocycles. The van der Waals surface area contributed by atoms with E-state index >= 15 is 0 Å². The van der Waals surface area contributed by atoms with Crippen LogP contribution >= 0.6 is 24.0 Å². The third-order valence-corrected chi connectivity index (χ3v) is 5.30. The van der Waals surface area contributed by atoms with Crippen LogP contribution in [-0.2, 0) is 11.3 Å². The zero-order valence-corrected chi connectivity index (χ0v) is 22.0. The zero-order chi connectivity index (χ0) is 22.6. The summed E-state index contributed by atoms with van der Waals surface area (Å²) in [5.74, 6) is 0.685. The maximum Gasteiger partial charge on any atom is 0.409 e. The van der Waals surface area contributed by atoms with Crippen molar-refractivity contribution in [3.8, 4) is 0 Å². The Bertz CT molecular complexity index is 751. The summed E-state index contributed by atoms with van der Waals surface area (Å²) in [7, 11) is 0. The van der Waals surface area contributed by atoms with Crippen LogP contribution in [0.15, 0.2) is 29.3 Å². The number of benzene rings is 1. The highest BCUT2D eigenvalue weighted by Gasteiger charge is 2.24. The van der Waals surface area contributed by atoms with E-state index in [-0.39, 0.29) is 48.1 Å². The van der Waals surface area contributed by atoms with E-state index in [0.29, 0.717) is 31.8 Å². The molecule has 0 spiro atoms. The maximum absolute atomic E-state index is 12.4. The Morgan fingerprint density at radius 2 is 1.94 bits per heavy atom. The Morgan fingerprint density at radius 1 is 1.22 bits per heavy atom. The van der Waals surface area contributed by atoms with Gasteiger partial charge in [0, 0.05) is 37.3 Å². The molecule has 1 atom stereocenters. The molecule has 3 N–H and O–H groups in total. The van der Waals surface area contributed by atoms with Crippen molar-refractivity contribution in [2.24, 2.45) is 4.99 Å². The van der Waals surface area contributed by atoms with Gasteiger partial charge in [-0.2, -0.15) is 0 Å². The molecule has 1 aromatic rings. The van der Waals surface area contributed by atoms with Crippen LogP contribution in [-0.4, -0.2) is 61.2 Å². The van der Waals surface area contributed by atoms with Crippen LogP contribution in [0.1, 0.15) is 62.9 Å². The number of hydrogen-bond acceptors (Lipinski definition) is 4. The molecule has 1 heterocycles. The van der Waals surface area contributed by atoms with Crippen molar-refractivity contribution in [1.29, 1.82) is 0 Å². The fraction of sp³-hybridized carbons (Fsp3) is 0.609. The normalized spacial score (nSPS) is 15.4. The number of likely N-dealkylation sites (tertiary alicyclic amines) is 1. The summed E-state index contributed by atoms with van der Waals surface area (Å²) in [6.45, 7) is 10.9. The van der Waals surface area contributed by atoms with Crippen molar-refractivity contribution in [1.82, 2.24) is 20.9 Å². The number of nitrogens with one attached hydrogen (secondary N) is 3. The molecular formula is C23H38IN5O3. The predicted molar refractivity (Wildman–Crippen MR) is 139 cm³/mol. The smallest absolute Gasteiger partial charge is 0.409 e. The molecule has 2 amide bonds. The molecule has 1 aliphatic heterocycles. The van der Waals surface area contributed by atoms with Crippen LogP contribution < -0.4 is 16.0 Å². The van der Waals surface area contributed by atoms with Crippen molar-refractivity contribution in [3.63, 3.8) is 0 Å². The van der Waals surface area contributed by atoms with E-state index < -0.39 is 0 Å². The Hall–Kier alpha value is -2.04. The van der Waals surface area contributed by atoms with E-state index in [1.807, 2.05) is 52.0 Å². The number of carbonyl (C=O) groups is 2. The van der Waals surface area contributed by atoms with Gasteiger partial charge in [-0.3, -0.25) is 4.79 Å². The number of nitrogens with zero attached hydrogens (tertiary/aromatic N) is 2. The summed E-state index contributed by atoms with van der Waals surface area (Å²) in [4.78, 5) is 30.7. The Morgan fingerprint density at radius 3 is 2.56 bits per heavy atom. The fourth-order valence-corrected chi connectivity index (χ4v) is 3.32. The molecule has 0 radical (unpaired) electrons. The molecule has 0 aromatic heterocycles. The van der Waals surface area contributed by atoms with Gasteiger partial charge < -0.3 is 25.6 Å². The first-order valence-corrected chi connectivity index (χ1v) is 11.3. The molecule has 32 heavy (non-hydrogen) atoms. The summed E-state index contributed by atoms with van der Waals surface area (Å²) in [6, 6.07) is 7.98. The van der Waals surface area contributed by atoms with Gasteiger partial charge in [0.2, 0.25) is 0 Å². The molecule has 2 rings (SSSR count). The molecule has 9 heteroatoms. The van der Waals surface area contributed by atoms with E-state index in [4.69, 9.17) is 9.73 Å². The lowest BCUT2D eigenvalue weighted by atomic mass is 10.1. The van der Waals surface area contributed by atoms with E-state index in [2.05, 4.69) is 16.0 Å². The van der Waals surface area contributed by atoms with Gasteiger partial charge in [-0.25, -0.2) is 9.79 Å². The van der Waals surface area contributed by atoms with Gasteiger partial charge >= 0.3 is 6.09 Å². The minimum absolute atomic E-state index is 0. The van der Waals surface area contributed by atoms with Crippen LogP contribution in [0.25, 0.3) is 0 Å². The lowest BCUT2D eigenvalue weighted by Gasteiger charge is -2.32. The topological polar surface area (TPSA) is 95.1 Å². The second-order valence-corrected chi connectivity index (χ2v) is 7.78. The van der Waals surface area contributed by atoms with Crippen LogP contribution in [0.3, 0.4) is 0 Å². The monoisotopic (exact) mass is 559 g/mol. The Balaban J connectivity index is 0.00000512. The largest absolute Gasteiger partial charge is 0.450 e. The SMILES string of the molecule is CCNC(=NCc1cccc(C(=O)NC(C)CC)c1)NC1CCN(C(=O)OCC)CC1.I. The van der Waals surface area contributed by atoms with Gasteiger partial charge in [-0.05, 0) is 57.7 Å². The number of guanidine groups is 1. The van der Waals surface area contributed by atoms with Crippen molar-refractivity contribution >= 4 is 41.9 Å². The summed E-state index contributed by atoms with van der Waals surface area (Å²) >= 11 is 0. The first-order chi connectivity index (χ1) is 15.0. The van der Waals surface area contributed by atoms with Crippen molar-refractivity contribution in [2.75, 3.05) is 26.2 Å². The first-order valence-electron chi connectivity index (χ1n) is 11.3. The Labute approximate surface area is 209 Å². The number of hydrogen-bond donors (Lipinski definition) is 3. The van der Waals surface area contributed by atoms with Crippen LogP contribution in [0.2, 0.25) is 0 Å². The number of amides is 2. The number of halogens is 1. The molecule has 0 saturated carbocycles. The summed E-state index contributed by atoms with van der Waals surface area (Å²) in [5.41, 5.74) is 1.63. The van der Waals surface area contributed by atoms with E-state index in [1.165, 1.54) is 0 Å². The van der Waals surface area contributed by atoms with Crippen LogP contribution in [0, 0.1) is 0 Å². The molecule has 0 aliphatic carbocycles. The minimum Gasteiger partial charge on any atom is -0.450 e. The van der Waals surface area contributed by atoms with Crippen molar-refractivity contribution < 1.29 is 14.3 Å². The summed E-state index contributed by atoms with van der Waals surface area (Å²) < 4.78 is 5.08. The number of carbonyl (C=O) groups excluding carboxylic acids is 2. The van der Waals surface area contributed by atoms with Crippen LogP contribution in [0.4, 0.5) is 4.79 Å². The third-order valence-electron chi connectivity index (χ3n) is 5.30. The highest BCUT2D eigenvalue weighted by atomic mass is 127. The molecular weight excluding hydrogens is 521 g/mol. The average molecular weight is 559 g/mol. The van der Waals surface area contributed by atoms with Crippen molar-refractivity contribution in [2.45, 2.75) is 65.6 Å². The summed E-state index contributed by atoms with van der Waals surface area (Å²) in [6.07, 6.45) is 2.34. The fourth-order valence-electron chi connectivity index (χ4n) is 3.32.